The Bertz CT molecular complexity index is 360. The van der Waals surface area contributed by atoms with Crippen LogP contribution in [0.2, 0.25) is 0 Å². The van der Waals surface area contributed by atoms with E-state index in [4.69, 9.17) is 5.73 Å². The van der Waals surface area contributed by atoms with Gasteiger partial charge in [0.25, 0.3) is 0 Å². The fraction of sp³-hybridized carbons (Fsp3) is 0.600. The summed E-state index contributed by atoms with van der Waals surface area (Å²) < 4.78 is 1.83. The first-order valence-corrected chi connectivity index (χ1v) is 5.17. The summed E-state index contributed by atoms with van der Waals surface area (Å²) in [5.74, 6) is 0.171. The van der Waals surface area contributed by atoms with Gasteiger partial charge in [-0.15, -0.1) is 0 Å². The van der Waals surface area contributed by atoms with E-state index in [-0.39, 0.29) is 11.9 Å². The van der Waals surface area contributed by atoms with Gasteiger partial charge in [0, 0.05) is 50.9 Å². The Hall–Kier alpha value is -1.36. The van der Waals surface area contributed by atoms with E-state index in [1.807, 2.05) is 22.7 Å². The number of aromatic nitrogens is 2. The summed E-state index contributed by atoms with van der Waals surface area (Å²) in [5.41, 5.74) is 6.86. The first-order chi connectivity index (χ1) is 7.16. The van der Waals surface area contributed by atoms with E-state index in [2.05, 4.69) is 5.10 Å². The zero-order valence-corrected chi connectivity index (χ0v) is 8.89. The molecule has 15 heavy (non-hydrogen) atoms. The molecule has 0 bridgehead atoms. The molecule has 1 atom stereocenters. The van der Waals surface area contributed by atoms with E-state index < -0.39 is 0 Å². The molecule has 1 unspecified atom stereocenters. The van der Waals surface area contributed by atoms with Gasteiger partial charge < -0.3 is 10.6 Å². The molecule has 1 fully saturated rings. The van der Waals surface area contributed by atoms with Gasteiger partial charge >= 0.3 is 0 Å². The third-order valence-corrected chi connectivity index (χ3v) is 2.80. The van der Waals surface area contributed by atoms with Gasteiger partial charge in [0.2, 0.25) is 5.91 Å². The van der Waals surface area contributed by atoms with Crippen LogP contribution in [0.25, 0.3) is 0 Å². The van der Waals surface area contributed by atoms with Crippen molar-refractivity contribution in [3.05, 3.63) is 18.0 Å². The van der Waals surface area contributed by atoms with Gasteiger partial charge in [0.15, 0.2) is 0 Å². The molecule has 5 heteroatoms. The van der Waals surface area contributed by atoms with Gasteiger partial charge in [0.1, 0.15) is 0 Å². The highest BCUT2D eigenvalue weighted by Gasteiger charge is 2.26. The van der Waals surface area contributed by atoms with E-state index in [1.54, 1.807) is 6.20 Å². The quantitative estimate of drug-likeness (QED) is 0.730. The third-order valence-electron chi connectivity index (χ3n) is 2.80. The maximum absolute atomic E-state index is 11.5. The summed E-state index contributed by atoms with van der Waals surface area (Å²) in [4.78, 5) is 13.3. The normalized spacial score (nSPS) is 21.3. The SMILES string of the molecule is Cn1nccc1CCN1CC(N)CC1=O. The molecule has 2 N–H and O–H groups in total. The lowest BCUT2D eigenvalue weighted by Gasteiger charge is -2.15. The number of aryl methyl sites for hydroxylation is 1. The van der Waals surface area contributed by atoms with Crippen LogP contribution in [0.4, 0.5) is 0 Å². The zero-order chi connectivity index (χ0) is 10.8. The number of rotatable bonds is 3. The zero-order valence-electron chi connectivity index (χ0n) is 8.89. The molecule has 1 aromatic heterocycles. The molecule has 1 aliphatic rings. The second-order valence-corrected chi connectivity index (χ2v) is 4.00. The number of carbonyl (C=O) groups is 1. The van der Waals surface area contributed by atoms with Crippen LogP contribution in [0, 0.1) is 0 Å². The Morgan fingerprint density at radius 3 is 3.00 bits per heavy atom. The van der Waals surface area contributed by atoms with Crippen molar-refractivity contribution in [1.29, 1.82) is 0 Å². The second kappa shape index (κ2) is 4.02. The molecule has 1 saturated heterocycles. The smallest absolute Gasteiger partial charge is 0.224 e. The molecule has 5 nitrogen and oxygen atoms in total. The number of hydrogen-bond donors (Lipinski definition) is 1. The Morgan fingerprint density at radius 2 is 2.47 bits per heavy atom. The molecule has 0 saturated carbocycles. The largest absolute Gasteiger partial charge is 0.341 e. The molecule has 0 aliphatic carbocycles. The van der Waals surface area contributed by atoms with Gasteiger partial charge in [-0.25, -0.2) is 0 Å². The predicted octanol–water partition coefficient (Wildman–Crippen LogP) is -0.478. The van der Waals surface area contributed by atoms with Gasteiger partial charge in [-0.05, 0) is 6.07 Å². The Balaban J connectivity index is 1.89. The molecule has 0 radical (unpaired) electrons. The number of likely N-dealkylation sites (tertiary alicyclic amines) is 1. The number of amides is 1. The lowest BCUT2D eigenvalue weighted by Crippen LogP contribution is -2.30. The van der Waals surface area contributed by atoms with Gasteiger partial charge in [0.05, 0.1) is 0 Å². The molecule has 0 aromatic carbocycles. The Labute approximate surface area is 88.8 Å². The minimum Gasteiger partial charge on any atom is -0.341 e. The van der Waals surface area contributed by atoms with Crippen LogP contribution in [0.1, 0.15) is 12.1 Å². The van der Waals surface area contributed by atoms with Crippen molar-refractivity contribution in [2.45, 2.75) is 18.9 Å². The van der Waals surface area contributed by atoms with Crippen LogP contribution in [0.3, 0.4) is 0 Å². The van der Waals surface area contributed by atoms with Crippen LogP contribution in [0.5, 0.6) is 0 Å². The van der Waals surface area contributed by atoms with Crippen molar-refractivity contribution in [3.8, 4) is 0 Å². The van der Waals surface area contributed by atoms with Gasteiger partial charge in [-0.2, -0.15) is 5.10 Å². The van der Waals surface area contributed by atoms with E-state index in [9.17, 15) is 4.79 Å². The lowest BCUT2D eigenvalue weighted by atomic mass is 10.3. The minimum atomic E-state index is 0.0176. The monoisotopic (exact) mass is 208 g/mol. The van der Waals surface area contributed by atoms with E-state index in [0.29, 0.717) is 13.0 Å². The molecule has 0 spiro atoms. The predicted molar refractivity (Wildman–Crippen MR) is 56.1 cm³/mol. The standard InChI is InChI=1S/C10H16N4O/c1-13-9(2-4-12-13)3-5-14-7-8(11)6-10(14)15/h2,4,8H,3,5-7,11H2,1H3. The summed E-state index contributed by atoms with van der Waals surface area (Å²) in [6.07, 6.45) is 3.10. The molecule has 1 aliphatic heterocycles. The van der Waals surface area contributed by atoms with E-state index in [0.717, 1.165) is 18.7 Å². The highest BCUT2D eigenvalue weighted by atomic mass is 16.2. The van der Waals surface area contributed by atoms with E-state index in [1.165, 1.54) is 0 Å². The van der Waals surface area contributed by atoms with Crippen LogP contribution in [-0.2, 0) is 18.3 Å². The van der Waals surface area contributed by atoms with Crippen LogP contribution in [0.15, 0.2) is 12.3 Å². The summed E-state index contributed by atoms with van der Waals surface area (Å²) in [7, 11) is 1.91. The average Bonchev–Trinajstić information content (AvgIpc) is 2.70. The van der Waals surface area contributed by atoms with Crippen molar-refractivity contribution < 1.29 is 4.79 Å². The van der Waals surface area contributed by atoms with Crippen LogP contribution >= 0.6 is 0 Å². The highest BCUT2D eigenvalue weighted by Crippen LogP contribution is 2.10. The lowest BCUT2D eigenvalue weighted by molar-refractivity contribution is -0.127. The molecule has 2 rings (SSSR count). The summed E-state index contributed by atoms with van der Waals surface area (Å²) in [5, 5.41) is 4.08. The van der Waals surface area contributed by atoms with Crippen LogP contribution < -0.4 is 5.73 Å². The number of hydrogen-bond acceptors (Lipinski definition) is 3. The Kier molecular flexibility index (Phi) is 2.73. The van der Waals surface area contributed by atoms with E-state index >= 15 is 0 Å². The average molecular weight is 208 g/mol. The van der Waals surface area contributed by atoms with Crippen molar-refractivity contribution in [2.24, 2.45) is 12.8 Å². The fourth-order valence-corrected chi connectivity index (χ4v) is 1.91. The molecule has 1 aromatic rings. The van der Waals surface area contributed by atoms with Crippen molar-refractivity contribution >= 4 is 5.91 Å². The second-order valence-electron chi connectivity index (χ2n) is 4.00. The molecule has 82 valence electrons. The number of nitrogens with zero attached hydrogens (tertiary/aromatic N) is 3. The molecule has 2 heterocycles. The molecular weight excluding hydrogens is 192 g/mol. The number of nitrogens with two attached hydrogens (primary N) is 1. The first kappa shape index (κ1) is 10.2. The topological polar surface area (TPSA) is 64.2 Å². The summed E-state index contributed by atoms with van der Waals surface area (Å²) in [6, 6.07) is 1.99. The van der Waals surface area contributed by atoms with Gasteiger partial charge in [-0.1, -0.05) is 0 Å². The Morgan fingerprint density at radius 1 is 1.67 bits per heavy atom. The van der Waals surface area contributed by atoms with Crippen molar-refractivity contribution in [2.75, 3.05) is 13.1 Å². The summed E-state index contributed by atoms with van der Waals surface area (Å²) >= 11 is 0. The molecular formula is C10H16N4O. The van der Waals surface area contributed by atoms with Crippen molar-refractivity contribution in [1.82, 2.24) is 14.7 Å². The van der Waals surface area contributed by atoms with Gasteiger partial charge in [-0.3, -0.25) is 9.48 Å². The number of carbonyl (C=O) groups excluding carboxylic acids is 1. The van der Waals surface area contributed by atoms with Crippen molar-refractivity contribution in [3.63, 3.8) is 0 Å². The minimum absolute atomic E-state index is 0.0176. The maximum atomic E-state index is 11.5. The summed E-state index contributed by atoms with van der Waals surface area (Å²) in [6.45, 7) is 1.43. The third kappa shape index (κ3) is 2.18. The maximum Gasteiger partial charge on any atom is 0.224 e. The fourth-order valence-electron chi connectivity index (χ4n) is 1.91. The van der Waals surface area contributed by atoms with Crippen LogP contribution in [-0.4, -0.2) is 39.7 Å². The molecule has 1 amide bonds. The highest BCUT2D eigenvalue weighted by molar-refractivity contribution is 5.79. The first-order valence-electron chi connectivity index (χ1n) is 5.17.